The summed E-state index contributed by atoms with van der Waals surface area (Å²) in [5, 5.41) is 5.68. The van der Waals surface area contributed by atoms with Crippen molar-refractivity contribution in [3.05, 3.63) is 24.3 Å². The molecule has 5 rings (SSSR count). The lowest BCUT2D eigenvalue weighted by atomic mass is 9.49. The van der Waals surface area contributed by atoms with Crippen LogP contribution in [0.1, 0.15) is 44.9 Å². The molecular weight excluding hydrogens is 394 g/mol. The lowest BCUT2D eigenvalue weighted by Gasteiger charge is -2.55. The Morgan fingerprint density at radius 2 is 1.58 bits per heavy atom. The second kappa shape index (κ2) is 8.89. The van der Waals surface area contributed by atoms with Crippen molar-refractivity contribution in [3.63, 3.8) is 0 Å². The molecule has 31 heavy (non-hydrogen) atoms. The Balaban J connectivity index is 1.15. The van der Waals surface area contributed by atoms with E-state index < -0.39 is 5.97 Å². The summed E-state index contributed by atoms with van der Waals surface area (Å²) in [4.78, 5) is 38.8. The van der Waals surface area contributed by atoms with E-state index in [1.54, 1.807) is 12.1 Å². The van der Waals surface area contributed by atoms with Gasteiger partial charge in [-0.15, -0.1) is 0 Å². The first-order valence-electron chi connectivity index (χ1n) is 11.3. The highest BCUT2D eigenvalue weighted by Gasteiger charge is 2.54. The molecule has 1 aromatic rings. The van der Waals surface area contributed by atoms with E-state index >= 15 is 0 Å². The number of nitrogens with one attached hydrogen (secondary N) is 2. The Labute approximate surface area is 183 Å². The van der Waals surface area contributed by atoms with Crippen molar-refractivity contribution in [2.45, 2.75) is 44.9 Å². The standard InChI is InChI=1S/C24H33N3O4/c1-27(2)20-5-3-19(4-6-20)26-21(28)15-31-22(29)7-8-25-23(30)24-12-16-9-17(13-24)11-18(10-16)14-24/h3-6,16-18H,7-15H2,1-2H3,(H,25,30)(H,26,28). The SMILES string of the molecule is CN(C)c1ccc(NC(=O)COC(=O)CCNC(=O)C23CC4CC(CC(C4)C2)C3)cc1. The van der Waals surface area contributed by atoms with Crippen LogP contribution in [0.4, 0.5) is 11.4 Å². The van der Waals surface area contributed by atoms with Crippen LogP contribution in [0.3, 0.4) is 0 Å². The molecule has 0 atom stereocenters. The summed E-state index contributed by atoms with van der Waals surface area (Å²) in [5.41, 5.74) is 1.47. The zero-order chi connectivity index (χ0) is 22.0. The first kappa shape index (κ1) is 21.7. The van der Waals surface area contributed by atoms with Gasteiger partial charge in [-0.1, -0.05) is 0 Å². The maximum atomic E-state index is 12.9. The van der Waals surface area contributed by atoms with Gasteiger partial charge in [-0.05, 0) is 80.5 Å². The lowest BCUT2D eigenvalue weighted by molar-refractivity contribution is -0.148. The van der Waals surface area contributed by atoms with Crippen molar-refractivity contribution >= 4 is 29.2 Å². The number of rotatable bonds is 8. The molecule has 0 unspecified atom stereocenters. The van der Waals surface area contributed by atoms with Crippen LogP contribution >= 0.6 is 0 Å². The van der Waals surface area contributed by atoms with Gasteiger partial charge in [0.05, 0.1) is 6.42 Å². The third kappa shape index (κ3) is 5.02. The van der Waals surface area contributed by atoms with Gasteiger partial charge in [0, 0.05) is 37.4 Å². The molecule has 7 heteroatoms. The van der Waals surface area contributed by atoms with Crippen LogP contribution in [0.2, 0.25) is 0 Å². The highest BCUT2D eigenvalue weighted by atomic mass is 16.5. The van der Waals surface area contributed by atoms with Crippen molar-refractivity contribution in [1.29, 1.82) is 0 Å². The number of hydrogen-bond donors (Lipinski definition) is 2. The van der Waals surface area contributed by atoms with Crippen LogP contribution in [0, 0.1) is 23.2 Å². The zero-order valence-electron chi connectivity index (χ0n) is 18.5. The average Bonchev–Trinajstić information content (AvgIpc) is 2.71. The summed E-state index contributed by atoms with van der Waals surface area (Å²) < 4.78 is 5.06. The van der Waals surface area contributed by atoms with E-state index in [1.807, 2.05) is 31.1 Å². The number of amides is 2. The Bertz CT molecular complexity index is 798. The van der Waals surface area contributed by atoms with Gasteiger partial charge in [-0.3, -0.25) is 14.4 Å². The highest BCUT2D eigenvalue weighted by molar-refractivity contribution is 5.93. The summed E-state index contributed by atoms with van der Waals surface area (Å²) in [6.07, 6.45) is 6.96. The van der Waals surface area contributed by atoms with E-state index in [9.17, 15) is 14.4 Å². The van der Waals surface area contributed by atoms with E-state index in [0.717, 1.165) is 24.9 Å². The van der Waals surface area contributed by atoms with Gasteiger partial charge in [-0.25, -0.2) is 0 Å². The topological polar surface area (TPSA) is 87.7 Å². The van der Waals surface area contributed by atoms with Crippen molar-refractivity contribution in [2.75, 3.05) is 37.5 Å². The molecule has 168 valence electrons. The Hall–Kier alpha value is -2.57. The third-order valence-electron chi connectivity index (χ3n) is 7.17. The molecule has 4 bridgehead atoms. The second-order valence-electron chi connectivity index (χ2n) is 9.85. The largest absolute Gasteiger partial charge is 0.456 e. The van der Waals surface area contributed by atoms with Gasteiger partial charge in [0.25, 0.3) is 5.91 Å². The van der Waals surface area contributed by atoms with Crippen LogP contribution < -0.4 is 15.5 Å². The van der Waals surface area contributed by atoms with Crippen molar-refractivity contribution in [3.8, 4) is 0 Å². The molecule has 4 aliphatic carbocycles. The molecule has 2 N–H and O–H groups in total. The monoisotopic (exact) mass is 427 g/mol. The van der Waals surface area contributed by atoms with Gasteiger partial charge in [0.1, 0.15) is 0 Å². The quantitative estimate of drug-likeness (QED) is 0.623. The Kier molecular flexibility index (Phi) is 6.21. The minimum absolute atomic E-state index is 0.0723. The normalized spacial score (nSPS) is 28.1. The predicted octanol–water partition coefficient (Wildman–Crippen LogP) is 2.96. The molecule has 0 aliphatic heterocycles. The summed E-state index contributed by atoms with van der Waals surface area (Å²) >= 11 is 0. The molecule has 2 amide bonds. The van der Waals surface area contributed by atoms with Gasteiger partial charge < -0.3 is 20.3 Å². The van der Waals surface area contributed by atoms with E-state index in [4.69, 9.17) is 4.74 Å². The summed E-state index contributed by atoms with van der Waals surface area (Å²) in [6, 6.07) is 7.40. The molecule has 0 aromatic heterocycles. The first-order chi connectivity index (χ1) is 14.8. The minimum atomic E-state index is -0.482. The van der Waals surface area contributed by atoms with Crippen molar-refractivity contribution in [2.24, 2.45) is 23.2 Å². The predicted molar refractivity (Wildman–Crippen MR) is 119 cm³/mol. The molecular formula is C24H33N3O4. The summed E-state index contributed by atoms with van der Waals surface area (Å²) in [6.45, 7) is -0.0791. The molecule has 4 saturated carbocycles. The smallest absolute Gasteiger partial charge is 0.308 e. The number of anilines is 2. The third-order valence-corrected chi connectivity index (χ3v) is 7.17. The van der Waals surface area contributed by atoms with Crippen molar-refractivity contribution in [1.82, 2.24) is 5.32 Å². The molecule has 0 radical (unpaired) electrons. The van der Waals surface area contributed by atoms with E-state index in [0.29, 0.717) is 23.4 Å². The van der Waals surface area contributed by atoms with Gasteiger partial charge >= 0.3 is 5.97 Å². The molecule has 4 fully saturated rings. The molecule has 0 saturated heterocycles. The fraction of sp³-hybridized carbons (Fsp3) is 0.625. The van der Waals surface area contributed by atoms with Crippen LogP contribution in [0.5, 0.6) is 0 Å². The fourth-order valence-electron chi connectivity index (χ4n) is 6.11. The van der Waals surface area contributed by atoms with Crippen LogP contribution in [0.15, 0.2) is 24.3 Å². The number of esters is 1. The van der Waals surface area contributed by atoms with Gasteiger partial charge in [-0.2, -0.15) is 0 Å². The second-order valence-corrected chi connectivity index (χ2v) is 9.85. The molecule has 7 nitrogen and oxygen atoms in total. The molecule has 0 heterocycles. The summed E-state index contributed by atoms with van der Waals surface area (Å²) in [7, 11) is 3.89. The first-order valence-corrected chi connectivity index (χ1v) is 11.3. The number of nitrogens with zero attached hydrogens (tertiary/aromatic N) is 1. The number of benzene rings is 1. The number of hydrogen-bond acceptors (Lipinski definition) is 5. The number of carbonyl (C=O) groups is 3. The van der Waals surface area contributed by atoms with Crippen LogP contribution in [-0.2, 0) is 19.1 Å². The summed E-state index contributed by atoms with van der Waals surface area (Å²) in [5.74, 6) is 1.37. The Morgan fingerprint density at radius 3 is 2.13 bits per heavy atom. The van der Waals surface area contributed by atoms with E-state index in [2.05, 4.69) is 10.6 Å². The van der Waals surface area contributed by atoms with E-state index in [-0.39, 0.29) is 36.8 Å². The molecule has 1 aromatic carbocycles. The number of carbonyl (C=O) groups excluding carboxylic acids is 3. The zero-order valence-corrected chi connectivity index (χ0v) is 18.5. The van der Waals surface area contributed by atoms with Gasteiger partial charge in [0.15, 0.2) is 6.61 Å². The molecule has 4 aliphatic rings. The van der Waals surface area contributed by atoms with Crippen LogP contribution in [0.25, 0.3) is 0 Å². The average molecular weight is 428 g/mol. The lowest BCUT2D eigenvalue weighted by Crippen LogP contribution is -2.53. The maximum Gasteiger partial charge on any atom is 0.308 e. The van der Waals surface area contributed by atoms with E-state index in [1.165, 1.54) is 19.3 Å². The highest BCUT2D eigenvalue weighted by Crippen LogP contribution is 2.60. The maximum absolute atomic E-state index is 12.9. The molecule has 0 spiro atoms. The fourth-order valence-corrected chi connectivity index (χ4v) is 6.11. The minimum Gasteiger partial charge on any atom is -0.456 e. The number of ether oxygens (including phenoxy) is 1. The van der Waals surface area contributed by atoms with Gasteiger partial charge in [0.2, 0.25) is 5.91 Å². The van der Waals surface area contributed by atoms with Crippen molar-refractivity contribution < 1.29 is 19.1 Å². The van der Waals surface area contributed by atoms with Crippen LogP contribution in [-0.4, -0.2) is 45.0 Å². The Morgan fingerprint density at radius 1 is 1.00 bits per heavy atom.